The molecular formula is C19H25N3O4. The Bertz CT molecular complexity index is 681. The number of hydrogen-bond acceptors (Lipinski definition) is 5. The molecule has 1 aromatic rings. The quantitative estimate of drug-likeness (QED) is 0.830. The Morgan fingerprint density at radius 2 is 1.77 bits per heavy atom. The van der Waals surface area contributed by atoms with E-state index in [4.69, 9.17) is 9.47 Å². The molecule has 1 saturated heterocycles. The molecule has 1 saturated carbocycles. The van der Waals surface area contributed by atoms with Crippen molar-refractivity contribution in [3.05, 3.63) is 18.2 Å². The molecule has 2 N–H and O–H groups in total. The maximum Gasteiger partial charge on any atom is 0.238 e. The molecule has 0 radical (unpaired) electrons. The van der Waals surface area contributed by atoms with Crippen molar-refractivity contribution < 1.29 is 19.1 Å². The van der Waals surface area contributed by atoms with Crippen molar-refractivity contribution in [2.24, 2.45) is 5.92 Å². The van der Waals surface area contributed by atoms with Crippen LogP contribution < -0.4 is 20.1 Å². The first-order valence-corrected chi connectivity index (χ1v) is 9.39. The fourth-order valence-corrected chi connectivity index (χ4v) is 3.42. The third-order valence-electron chi connectivity index (χ3n) is 5.08. The Morgan fingerprint density at radius 3 is 2.50 bits per heavy atom. The van der Waals surface area contributed by atoms with Crippen LogP contribution in [0.2, 0.25) is 0 Å². The van der Waals surface area contributed by atoms with Gasteiger partial charge in [0.15, 0.2) is 11.5 Å². The molecule has 0 bridgehead atoms. The highest BCUT2D eigenvalue weighted by Gasteiger charge is 2.30. The van der Waals surface area contributed by atoms with Gasteiger partial charge in [-0.3, -0.25) is 14.5 Å². The van der Waals surface area contributed by atoms with Crippen molar-refractivity contribution in [3.8, 4) is 11.5 Å². The Balaban J connectivity index is 1.23. The molecule has 7 nitrogen and oxygen atoms in total. The zero-order valence-electron chi connectivity index (χ0n) is 14.8. The maximum atomic E-state index is 12.3. The van der Waals surface area contributed by atoms with E-state index in [9.17, 15) is 9.59 Å². The number of hydrogen-bond donors (Lipinski definition) is 2. The van der Waals surface area contributed by atoms with Crippen LogP contribution in [-0.4, -0.2) is 55.6 Å². The molecule has 2 aliphatic heterocycles. The molecule has 140 valence electrons. The minimum Gasteiger partial charge on any atom is -0.486 e. The molecule has 4 rings (SSSR count). The predicted octanol–water partition coefficient (Wildman–Crippen LogP) is 1.39. The minimum atomic E-state index is -0.0532. The molecule has 1 aromatic carbocycles. The summed E-state index contributed by atoms with van der Waals surface area (Å²) in [7, 11) is 0. The van der Waals surface area contributed by atoms with E-state index in [-0.39, 0.29) is 17.7 Å². The van der Waals surface area contributed by atoms with Gasteiger partial charge in [-0.05, 0) is 50.9 Å². The number of carbonyl (C=O) groups is 2. The highest BCUT2D eigenvalue weighted by molar-refractivity contribution is 5.92. The van der Waals surface area contributed by atoms with E-state index in [0.717, 1.165) is 38.8 Å². The topological polar surface area (TPSA) is 79.9 Å². The molecule has 0 unspecified atom stereocenters. The Kier molecular flexibility index (Phi) is 4.97. The summed E-state index contributed by atoms with van der Waals surface area (Å²) in [5, 5.41) is 5.99. The predicted molar refractivity (Wildman–Crippen MR) is 96.4 cm³/mol. The van der Waals surface area contributed by atoms with E-state index >= 15 is 0 Å². The second kappa shape index (κ2) is 7.53. The van der Waals surface area contributed by atoms with Gasteiger partial charge in [0.2, 0.25) is 11.8 Å². The molecule has 2 fully saturated rings. The van der Waals surface area contributed by atoms with E-state index in [1.807, 2.05) is 12.1 Å². The number of rotatable bonds is 5. The average Bonchev–Trinajstić information content (AvgIpc) is 3.46. The van der Waals surface area contributed by atoms with Gasteiger partial charge in [-0.1, -0.05) is 0 Å². The summed E-state index contributed by atoms with van der Waals surface area (Å²) in [6, 6.07) is 5.84. The standard InChI is InChI=1S/C19H25N3O4/c23-18(20-15-3-4-16-17(11-15)26-10-9-25-16)12-22-7-5-13(6-8-22)19(24)21-14-1-2-14/h3-4,11,13-14H,1-2,5-10,12H2,(H,20,23)(H,21,24). The van der Waals surface area contributed by atoms with E-state index in [1.54, 1.807) is 6.07 Å². The molecule has 1 aliphatic carbocycles. The van der Waals surface area contributed by atoms with Crippen molar-refractivity contribution in [1.29, 1.82) is 0 Å². The number of amides is 2. The van der Waals surface area contributed by atoms with Gasteiger partial charge in [0.1, 0.15) is 13.2 Å². The van der Waals surface area contributed by atoms with Crippen LogP contribution in [0.15, 0.2) is 18.2 Å². The molecule has 26 heavy (non-hydrogen) atoms. The van der Waals surface area contributed by atoms with Gasteiger partial charge in [0.25, 0.3) is 0 Å². The van der Waals surface area contributed by atoms with Crippen molar-refractivity contribution in [3.63, 3.8) is 0 Å². The minimum absolute atomic E-state index is 0.0532. The molecule has 0 atom stereocenters. The van der Waals surface area contributed by atoms with E-state index in [2.05, 4.69) is 15.5 Å². The number of nitrogens with zero attached hydrogens (tertiary/aromatic N) is 1. The summed E-state index contributed by atoms with van der Waals surface area (Å²) in [6.07, 6.45) is 3.86. The van der Waals surface area contributed by atoms with E-state index in [1.165, 1.54) is 0 Å². The van der Waals surface area contributed by atoms with Crippen LogP contribution in [0.5, 0.6) is 11.5 Å². The number of ether oxygens (including phenoxy) is 2. The Hall–Kier alpha value is -2.28. The van der Waals surface area contributed by atoms with Gasteiger partial charge < -0.3 is 20.1 Å². The van der Waals surface area contributed by atoms with Gasteiger partial charge in [-0.25, -0.2) is 0 Å². The van der Waals surface area contributed by atoms with Crippen LogP contribution in [0.1, 0.15) is 25.7 Å². The zero-order chi connectivity index (χ0) is 17.9. The molecule has 2 amide bonds. The summed E-state index contributed by atoms with van der Waals surface area (Å²) >= 11 is 0. The lowest BCUT2D eigenvalue weighted by Crippen LogP contribution is -2.43. The summed E-state index contributed by atoms with van der Waals surface area (Å²) < 4.78 is 11.0. The number of anilines is 1. The first-order valence-electron chi connectivity index (χ1n) is 9.39. The monoisotopic (exact) mass is 359 g/mol. The highest BCUT2D eigenvalue weighted by atomic mass is 16.6. The molecule has 2 heterocycles. The van der Waals surface area contributed by atoms with Gasteiger partial charge in [-0.15, -0.1) is 0 Å². The number of nitrogens with one attached hydrogen (secondary N) is 2. The van der Waals surface area contributed by atoms with Gasteiger partial charge in [0.05, 0.1) is 6.54 Å². The lowest BCUT2D eigenvalue weighted by Gasteiger charge is -2.30. The number of carbonyl (C=O) groups excluding carboxylic acids is 2. The van der Waals surface area contributed by atoms with Gasteiger partial charge >= 0.3 is 0 Å². The average molecular weight is 359 g/mol. The lowest BCUT2D eigenvalue weighted by molar-refractivity contribution is -0.126. The van der Waals surface area contributed by atoms with E-state index in [0.29, 0.717) is 43.0 Å². The zero-order valence-corrected chi connectivity index (χ0v) is 14.8. The number of benzene rings is 1. The van der Waals surface area contributed by atoms with Crippen LogP contribution in [0.4, 0.5) is 5.69 Å². The normalized spacial score (nSPS) is 20.5. The third kappa shape index (κ3) is 4.27. The van der Waals surface area contributed by atoms with Gasteiger partial charge in [0, 0.05) is 23.7 Å². The Labute approximate surface area is 153 Å². The fraction of sp³-hybridized carbons (Fsp3) is 0.579. The Morgan fingerprint density at radius 1 is 1.04 bits per heavy atom. The first kappa shape index (κ1) is 17.1. The number of fused-ring (bicyclic) bond motifs is 1. The van der Waals surface area contributed by atoms with Crippen LogP contribution in [-0.2, 0) is 9.59 Å². The summed E-state index contributed by atoms with van der Waals surface area (Å²) in [5.41, 5.74) is 0.706. The van der Waals surface area contributed by atoms with Crippen LogP contribution in [0, 0.1) is 5.92 Å². The lowest BCUT2D eigenvalue weighted by atomic mass is 9.96. The molecular weight excluding hydrogens is 334 g/mol. The highest BCUT2D eigenvalue weighted by Crippen LogP contribution is 2.32. The molecule has 3 aliphatic rings. The molecule has 0 spiro atoms. The largest absolute Gasteiger partial charge is 0.486 e. The summed E-state index contributed by atoms with van der Waals surface area (Å²) in [6.45, 7) is 2.96. The third-order valence-corrected chi connectivity index (χ3v) is 5.08. The van der Waals surface area contributed by atoms with Crippen LogP contribution in [0.25, 0.3) is 0 Å². The second-order valence-electron chi connectivity index (χ2n) is 7.24. The van der Waals surface area contributed by atoms with Crippen LogP contribution in [0.3, 0.4) is 0 Å². The van der Waals surface area contributed by atoms with Crippen molar-refractivity contribution in [2.75, 3.05) is 38.2 Å². The van der Waals surface area contributed by atoms with E-state index < -0.39 is 0 Å². The molecule has 7 heteroatoms. The fourth-order valence-electron chi connectivity index (χ4n) is 3.42. The SMILES string of the molecule is O=C(CN1CCC(C(=O)NC2CC2)CC1)Nc1ccc2c(c1)OCCO2. The van der Waals surface area contributed by atoms with Crippen LogP contribution >= 0.6 is 0 Å². The van der Waals surface area contributed by atoms with Gasteiger partial charge in [-0.2, -0.15) is 0 Å². The second-order valence-corrected chi connectivity index (χ2v) is 7.24. The maximum absolute atomic E-state index is 12.3. The molecule has 0 aromatic heterocycles. The summed E-state index contributed by atoms with van der Waals surface area (Å²) in [4.78, 5) is 26.5. The number of piperidine rings is 1. The van der Waals surface area contributed by atoms with Crippen molar-refractivity contribution >= 4 is 17.5 Å². The first-order chi connectivity index (χ1) is 12.7. The summed E-state index contributed by atoms with van der Waals surface area (Å²) in [5.74, 6) is 1.60. The number of likely N-dealkylation sites (tertiary alicyclic amines) is 1. The van der Waals surface area contributed by atoms with Crippen molar-refractivity contribution in [2.45, 2.75) is 31.7 Å². The smallest absolute Gasteiger partial charge is 0.238 e. The van der Waals surface area contributed by atoms with Crippen molar-refractivity contribution in [1.82, 2.24) is 10.2 Å².